The number of imidazole rings is 1. The Morgan fingerprint density at radius 2 is 2.15 bits per heavy atom. The molecule has 0 radical (unpaired) electrons. The van der Waals surface area contributed by atoms with Crippen LogP contribution in [0, 0.1) is 0 Å². The van der Waals surface area contributed by atoms with E-state index in [2.05, 4.69) is 11.9 Å². The largest absolute Gasteiger partial charge is 0.465 e. The number of aryl methyl sites for hydroxylation is 1. The van der Waals surface area contributed by atoms with Crippen LogP contribution in [0.2, 0.25) is 0 Å². The molecule has 3 aromatic rings. The average molecular weight is 356 g/mol. The molecular formula is C19H24N4O3. The lowest BCUT2D eigenvalue weighted by atomic mass is 10.1. The first-order valence-electron chi connectivity index (χ1n) is 8.81. The molecule has 0 saturated heterocycles. The molecule has 0 unspecified atom stereocenters. The molecule has 0 aliphatic heterocycles. The summed E-state index contributed by atoms with van der Waals surface area (Å²) in [6.07, 6.45) is 2.33. The maximum atomic E-state index is 11.8. The number of fused-ring (bicyclic) bond motifs is 3. The fourth-order valence-corrected chi connectivity index (χ4v) is 3.19. The Hall–Kier alpha value is -2.67. The number of carbonyl (C=O) groups is 1. The first-order chi connectivity index (χ1) is 12.5. The third-order valence-electron chi connectivity index (χ3n) is 4.40. The van der Waals surface area contributed by atoms with Gasteiger partial charge in [-0.15, -0.1) is 0 Å². The smallest absolute Gasteiger partial charge is 0.337 e. The highest BCUT2D eigenvalue weighted by Gasteiger charge is 2.19. The lowest BCUT2D eigenvalue weighted by molar-refractivity contribution is 0.0601. The number of benzene rings is 1. The minimum atomic E-state index is -0.522. The summed E-state index contributed by atoms with van der Waals surface area (Å²) in [5.41, 5.74) is 8.65. The number of hydrogen-bond donors (Lipinski definition) is 2. The third-order valence-corrected chi connectivity index (χ3v) is 4.40. The SMILES string of the molecule is CCCCc1nc2c(N)nc3cc(C(=O)OC)ccc3c2n1C[C@H](C)O. The highest BCUT2D eigenvalue weighted by atomic mass is 16.5. The van der Waals surface area contributed by atoms with E-state index in [4.69, 9.17) is 15.5 Å². The normalized spacial score (nSPS) is 12.6. The molecule has 0 aliphatic rings. The summed E-state index contributed by atoms with van der Waals surface area (Å²) >= 11 is 0. The molecule has 2 aromatic heterocycles. The second-order valence-electron chi connectivity index (χ2n) is 6.51. The Bertz CT molecular complexity index is 962. The monoisotopic (exact) mass is 356 g/mol. The van der Waals surface area contributed by atoms with Crippen LogP contribution in [-0.4, -0.2) is 38.8 Å². The summed E-state index contributed by atoms with van der Waals surface area (Å²) in [4.78, 5) is 20.9. The molecule has 3 N–H and O–H groups in total. The summed E-state index contributed by atoms with van der Waals surface area (Å²) in [5, 5.41) is 10.8. The number of ether oxygens (including phenoxy) is 1. The van der Waals surface area contributed by atoms with Crippen LogP contribution < -0.4 is 5.73 Å². The van der Waals surface area contributed by atoms with E-state index in [0.29, 0.717) is 29.0 Å². The van der Waals surface area contributed by atoms with E-state index in [9.17, 15) is 9.90 Å². The van der Waals surface area contributed by atoms with Crippen molar-refractivity contribution < 1.29 is 14.6 Å². The Kier molecular flexibility index (Phi) is 5.08. The van der Waals surface area contributed by atoms with E-state index in [0.717, 1.165) is 36.0 Å². The fraction of sp³-hybridized carbons (Fsp3) is 0.421. The number of aromatic nitrogens is 3. The van der Waals surface area contributed by atoms with Gasteiger partial charge in [0.25, 0.3) is 0 Å². The fourth-order valence-electron chi connectivity index (χ4n) is 3.19. The van der Waals surface area contributed by atoms with Gasteiger partial charge in [-0.3, -0.25) is 0 Å². The zero-order valence-corrected chi connectivity index (χ0v) is 15.3. The van der Waals surface area contributed by atoms with E-state index in [-0.39, 0.29) is 0 Å². The van der Waals surface area contributed by atoms with Gasteiger partial charge in [0.2, 0.25) is 0 Å². The number of aliphatic hydroxyl groups is 1. The van der Waals surface area contributed by atoms with Crippen LogP contribution in [0.3, 0.4) is 0 Å². The maximum Gasteiger partial charge on any atom is 0.337 e. The Morgan fingerprint density at radius 1 is 1.38 bits per heavy atom. The van der Waals surface area contributed by atoms with Crippen LogP contribution >= 0.6 is 0 Å². The molecule has 0 aliphatic carbocycles. The lowest BCUT2D eigenvalue weighted by Gasteiger charge is -2.13. The van der Waals surface area contributed by atoms with Gasteiger partial charge in [-0.25, -0.2) is 14.8 Å². The van der Waals surface area contributed by atoms with Crippen molar-refractivity contribution in [1.29, 1.82) is 0 Å². The van der Waals surface area contributed by atoms with Crippen molar-refractivity contribution in [2.75, 3.05) is 12.8 Å². The molecule has 138 valence electrons. The van der Waals surface area contributed by atoms with Gasteiger partial charge in [0.15, 0.2) is 5.82 Å². The Labute approximate surface area is 151 Å². The summed E-state index contributed by atoms with van der Waals surface area (Å²) < 4.78 is 6.80. The van der Waals surface area contributed by atoms with Gasteiger partial charge >= 0.3 is 5.97 Å². The number of nitrogens with two attached hydrogens (primary N) is 1. The molecule has 0 amide bonds. The first-order valence-corrected chi connectivity index (χ1v) is 8.81. The first kappa shape index (κ1) is 18.1. The number of nitrogens with zero attached hydrogens (tertiary/aromatic N) is 3. The van der Waals surface area contributed by atoms with E-state index in [1.807, 2.05) is 10.6 Å². The molecule has 0 saturated carbocycles. The van der Waals surface area contributed by atoms with E-state index < -0.39 is 12.1 Å². The minimum Gasteiger partial charge on any atom is -0.465 e. The predicted molar refractivity (Wildman–Crippen MR) is 101 cm³/mol. The van der Waals surface area contributed by atoms with Crippen molar-refractivity contribution in [3.05, 3.63) is 29.6 Å². The van der Waals surface area contributed by atoms with Crippen LogP contribution in [0.4, 0.5) is 5.82 Å². The number of rotatable bonds is 6. The molecule has 7 nitrogen and oxygen atoms in total. The van der Waals surface area contributed by atoms with Gasteiger partial charge in [-0.1, -0.05) is 13.3 Å². The van der Waals surface area contributed by atoms with E-state index in [1.54, 1.807) is 19.1 Å². The zero-order chi connectivity index (χ0) is 18.8. The Morgan fingerprint density at radius 3 is 2.81 bits per heavy atom. The van der Waals surface area contributed by atoms with Gasteiger partial charge in [0, 0.05) is 11.8 Å². The van der Waals surface area contributed by atoms with Crippen molar-refractivity contribution in [2.24, 2.45) is 0 Å². The molecule has 0 spiro atoms. The molecular weight excluding hydrogens is 332 g/mol. The van der Waals surface area contributed by atoms with Gasteiger partial charge in [0.05, 0.1) is 36.4 Å². The lowest BCUT2D eigenvalue weighted by Crippen LogP contribution is -2.14. The summed E-state index contributed by atoms with van der Waals surface area (Å²) in [6, 6.07) is 5.21. The Balaban J connectivity index is 2.29. The van der Waals surface area contributed by atoms with Crippen LogP contribution in [0.25, 0.3) is 21.9 Å². The average Bonchev–Trinajstić information content (AvgIpc) is 2.97. The highest BCUT2D eigenvalue weighted by Crippen LogP contribution is 2.30. The van der Waals surface area contributed by atoms with Gasteiger partial charge < -0.3 is 20.1 Å². The van der Waals surface area contributed by atoms with E-state index >= 15 is 0 Å². The third kappa shape index (κ3) is 3.22. The maximum absolute atomic E-state index is 11.8. The number of aliphatic hydroxyl groups excluding tert-OH is 1. The minimum absolute atomic E-state index is 0.316. The van der Waals surface area contributed by atoms with Gasteiger partial charge in [-0.05, 0) is 31.5 Å². The highest BCUT2D eigenvalue weighted by molar-refractivity contribution is 6.08. The van der Waals surface area contributed by atoms with E-state index in [1.165, 1.54) is 7.11 Å². The number of carbonyl (C=O) groups excluding carboxylic acids is 1. The molecule has 0 fully saturated rings. The quantitative estimate of drug-likeness (QED) is 0.658. The molecule has 1 aromatic carbocycles. The van der Waals surface area contributed by atoms with Gasteiger partial charge in [0.1, 0.15) is 11.3 Å². The van der Waals surface area contributed by atoms with Crippen molar-refractivity contribution in [1.82, 2.24) is 14.5 Å². The van der Waals surface area contributed by atoms with Crippen molar-refractivity contribution >= 4 is 33.7 Å². The van der Waals surface area contributed by atoms with Crippen LogP contribution in [-0.2, 0) is 17.7 Å². The molecule has 7 heteroatoms. The zero-order valence-electron chi connectivity index (χ0n) is 15.3. The van der Waals surface area contributed by atoms with Gasteiger partial charge in [-0.2, -0.15) is 0 Å². The molecule has 1 atom stereocenters. The number of hydrogen-bond acceptors (Lipinski definition) is 6. The molecule has 3 rings (SSSR count). The van der Waals surface area contributed by atoms with Crippen molar-refractivity contribution in [3.63, 3.8) is 0 Å². The second-order valence-corrected chi connectivity index (χ2v) is 6.51. The van der Waals surface area contributed by atoms with Crippen LogP contribution in [0.5, 0.6) is 0 Å². The van der Waals surface area contributed by atoms with Crippen LogP contribution in [0.1, 0.15) is 42.9 Å². The number of unbranched alkanes of at least 4 members (excludes halogenated alkanes) is 1. The number of anilines is 1. The number of methoxy groups -OCH3 is 1. The van der Waals surface area contributed by atoms with Crippen molar-refractivity contribution in [3.8, 4) is 0 Å². The molecule has 26 heavy (non-hydrogen) atoms. The number of esters is 1. The predicted octanol–water partition coefficient (Wildman–Crippen LogP) is 2.68. The topological polar surface area (TPSA) is 103 Å². The summed E-state index contributed by atoms with van der Waals surface area (Å²) in [5.74, 6) is 0.783. The summed E-state index contributed by atoms with van der Waals surface area (Å²) in [6.45, 7) is 4.30. The molecule has 0 bridgehead atoms. The number of pyridine rings is 1. The molecule has 2 heterocycles. The standard InChI is InChI=1S/C19H24N4O3/c1-4-5-6-15-22-16-17(23(15)10-11(2)24)13-8-7-12(19(25)26-3)9-14(13)21-18(16)20/h7-9,11,24H,4-6,10H2,1-3H3,(H2,20,21)/t11-/m0/s1. The second kappa shape index (κ2) is 7.29. The number of nitrogen functional groups attached to an aromatic ring is 1. The van der Waals surface area contributed by atoms with Crippen molar-refractivity contribution in [2.45, 2.75) is 45.8 Å². The van der Waals surface area contributed by atoms with Crippen LogP contribution in [0.15, 0.2) is 18.2 Å². The summed E-state index contributed by atoms with van der Waals surface area (Å²) in [7, 11) is 1.34.